The first-order valence-electron chi connectivity index (χ1n) is 6.66. The lowest BCUT2D eigenvalue weighted by Gasteiger charge is -2.24. The summed E-state index contributed by atoms with van der Waals surface area (Å²) in [7, 11) is 1.79. The van der Waals surface area contributed by atoms with Crippen molar-refractivity contribution in [2.45, 2.75) is 33.2 Å². The lowest BCUT2D eigenvalue weighted by molar-refractivity contribution is 0.0734. The molecule has 0 aliphatic rings. The lowest BCUT2D eigenvalue weighted by Crippen LogP contribution is -2.36. The van der Waals surface area contributed by atoms with Crippen LogP contribution in [-0.4, -0.2) is 43.9 Å². The van der Waals surface area contributed by atoms with Crippen molar-refractivity contribution in [3.05, 3.63) is 35.9 Å². The summed E-state index contributed by atoms with van der Waals surface area (Å²) in [5.74, 6) is -0.115. The largest absolute Gasteiger partial charge is 0.338 e. The average Bonchev–Trinajstić information content (AvgIpc) is 2.98. The van der Waals surface area contributed by atoms with Crippen LogP contribution in [0.5, 0.6) is 0 Å². The molecule has 6 heteroatoms. The maximum Gasteiger partial charge on any atom is 0.274 e. The van der Waals surface area contributed by atoms with Crippen molar-refractivity contribution in [3.63, 3.8) is 0 Å². The van der Waals surface area contributed by atoms with Gasteiger partial charge in [0, 0.05) is 18.8 Å². The van der Waals surface area contributed by atoms with E-state index < -0.39 is 0 Å². The molecule has 106 valence electrons. The smallest absolute Gasteiger partial charge is 0.274 e. The van der Waals surface area contributed by atoms with E-state index in [1.807, 2.05) is 32.9 Å². The highest BCUT2D eigenvalue weighted by atomic mass is 16.2. The van der Waals surface area contributed by atoms with E-state index in [9.17, 15) is 4.79 Å². The van der Waals surface area contributed by atoms with Crippen molar-refractivity contribution in [2.75, 3.05) is 7.05 Å². The number of aromatic nitrogens is 4. The summed E-state index contributed by atoms with van der Waals surface area (Å²) in [6, 6.07) is 3.82. The van der Waals surface area contributed by atoms with Gasteiger partial charge in [0.2, 0.25) is 0 Å². The Morgan fingerprint density at radius 3 is 2.60 bits per heavy atom. The molecule has 0 aliphatic carbocycles. The molecule has 2 aromatic heterocycles. The lowest BCUT2D eigenvalue weighted by atomic mass is 10.2. The first-order valence-corrected chi connectivity index (χ1v) is 6.66. The highest BCUT2D eigenvalue weighted by molar-refractivity contribution is 5.95. The molecule has 0 saturated heterocycles. The minimum atomic E-state index is -0.115. The number of carbonyl (C=O) groups is 1. The zero-order valence-corrected chi connectivity index (χ0v) is 12.2. The molecule has 20 heavy (non-hydrogen) atoms. The van der Waals surface area contributed by atoms with Crippen LogP contribution in [0.2, 0.25) is 0 Å². The fourth-order valence-corrected chi connectivity index (χ4v) is 1.85. The van der Waals surface area contributed by atoms with Gasteiger partial charge in [-0.25, -0.2) is 4.98 Å². The second-order valence-electron chi connectivity index (χ2n) is 4.81. The van der Waals surface area contributed by atoms with Crippen LogP contribution in [0.1, 0.15) is 36.5 Å². The van der Waals surface area contributed by atoms with Gasteiger partial charge in [0.1, 0.15) is 5.69 Å². The molecule has 1 amide bonds. The standard InChI is InChI=1S/C14H19N5O/c1-5-11(3)18(4)14(20)13-12(7-6-10(2)17-13)19-15-8-9-16-19/h6-9,11H,5H2,1-4H3/t11-/m0/s1. The van der Waals surface area contributed by atoms with Crippen molar-refractivity contribution in [2.24, 2.45) is 0 Å². The van der Waals surface area contributed by atoms with Crippen molar-refractivity contribution in [1.29, 1.82) is 0 Å². The Labute approximate surface area is 118 Å². The van der Waals surface area contributed by atoms with E-state index in [4.69, 9.17) is 0 Å². The summed E-state index contributed by atoms with van der Waals surface area (Å²) in [6.45, 7) is 5.92. The summed E-state index contributed by atoms with van der Waals surface area (Å²) in [5.41, 5.74) is 1.77. The molecule has 0 unspecified atom stereocenters. The Kier molecular flexibility index (Phi) is 4.12. The zero-order valence-electron chi connectivity index (χ0n) is 12.2. The van der Waals surface area contributed by atoms with Crippen LogP contribution in [0.3, 0.4) is 0 Å². The van der Waals surface area contributed by atoms with Gasteiger partial charge in [-0.05, 0) is 32.4 Å². The third-order valence-corrected chi connectivity index (χ3v) is 3.42. The number of hydrogen-bond acceptors (Lipinski definition) is 4. The molecule has 0 spiro atoms. The van der Waals surface area contributed by atoms with Gasteiger partial charge in [-0.3, -0.25) is 4.79 Å². The molecule has 2 aromatic rings. The van der Waals surface area contributed by atoms with Crippen molar-refractivity contribution in [3.8, 4) is 5.69 Å². The van der Waals surface area contributed by atoms with E-state index in [0.29, 0.717) is 11.4 Å². The molecule has 0 radical (unpaired) electrons. The third-order valence-electron chi connectivity index (χ3n) is 3.42. The van der Waals surface area contributed by atoms with E-state index in [1.54, 1.807) is 24.3 Å². The zero-order chi connectivity index (χ0) is 14.7. The predicted octanol–water partition coefficient (Wildman–Crippen LogP) is 1.84. The molecule has 0 aromatic carbocycles. The molecule has 6 nitrogen and oxygen atoms in total. The minimum Gasteiger partial charge on any atom is -0.338 e. The normalized spacial score (nSPS) is 12.2. The van der Waals surface area contributed by atoms with Gasteiger partial charge in [-0.2, -0.15) is 10.2 Å². The van der Waals surface area contributed by atoms with Crippen LogP contribution in [0.4, 0.5) is 0 Å². The maximum absolute atomic E-state index is 12.6. The second kappa shape index (κ2) is 5.81. The second-order valence-corrected chi connectivity index (χ2v) is 4.81. The molecule has 0 aliphatic heterocycles. The van der Waals surface area contributed by atoms with E-state index in [0.717, 1.165) is 12.1 Å². The maximum atomic E-state index is 12.6. The minimum absolute atomic E-state index is 0.115. The van der Waals surface area contributed by atoms with Gasteiger partial charge in [0.15, 0.2) is 5.69 Å². The summed E-state index contributed by atoms with van der Waals surface area (Å²) >= 11 is 0. The van der Waals surface area contributed by atoms with Crippen LogP contribution in [0.15, 0.2) is 24.5 Å². The van der Waals surface area contributed by atoms with E-state index in [2.05, 4.69) is 15.2 Å². The summed E-state index contributed by atoms with van der Waals surface area (Å²) in [5, 5.41) is 8.16. The van der Waals surface area contributed by atoms with Gasteiger partial charge >= 0.3 is 0 Å². The summed E-state index contributed by atoms with van der Waals surface area (Å²) in [6.07, 6.45) is 4.04. The molecule has 2 rings (SSSR count). The van der Waals surface area contributed by atoms with Crippen molar-refractivity contribution < 1.29 is 4.79 Å². The first kappa shape index (κ1) is 14.2. The highest BCUT2D eigenvalue weighted by Gasteiger charge is 2.22. The fraction of sp³-hybridized carbons (Fsp3) is 0.429. The van der Waals surface area contributed by atoms with E-state index in [-0.39, 0.29) is 11.9 Å². The van der Waals surface area contributed by atoms with Crippen molar-refractivity contribution in [1.82, 2.24) is 24.9 Å². The number of carbonyl (C=O) groups excluding carboxylic acids is 1. The van der Waals surface area contributed by atoms with Gasteiger partial charge in [0.05, 0.1) is 12.4 Å². The quantitative estimate of drug-likeness (QED) is 0.852. The number of rotatable bonds is 4. The van der Waals surface area contributed by atoms with Crippen LogP contribution in [-0.2, 0) is 0 Å². The number of hydrogen-bond donors (Lipinski definition) is 0. The molecule has 0 N–H and O–H groups in total. The first-order chi connectivity index (χ1) is 9.54. The number of aryl methyl sites for hydroxylation is 1. The van der Waals surface area contributed by atoms with Crippen LogP contribution in [0.25, 0.3) is 5.69 Å². The Morgan fingerprint density at radius 2 is 2.00 bits per heavy atom. The molecule has 0 bridgehead atoms. The molecular weight excluding hydrogens is 254 g/mol. The summed E-state index contributed by atoms with van der Waals surface area (Å²) < 4.78 is 0. The summed E-state index contributed by atoms with van der Waals surface area (Å²) in [4.78, 5) is 20.1. The van der Waals surface area contributed by atoms with Crippen LogP contribution < -0.4 is 0 Å². The SMILES string of the molecule is CC[C@H](C)N(C)C(=O)c1nc(C)ccc1-n1nccn1. The third kappa shape index (κ3) is 2.68. The number of amides is 1. The van der Waals surface area contributed by atoms with E-state index >= 15 is 0 Å². The fourth-order valence-electron chi connectivity index (χ4n) is 1.85. The highest BCUT2D eigenvalue weighted by Crippen LogP contribution is 2.15. The molecule has 0 saturated carbocycles. The molecule has 0 fully saturated rings. The van der Waals surface area contributed by atoms with Crippen molar-refractivity contribution >= 4 is 5.91 Å². The van der Waals surface area contributed by atoms with E-state index in [1.165, 1.54) is 4.80 Å². The number of pyridine rings is 1. The average molecular weight is 273 g/mol. The molecule has 1 atom stereocenters. The number of nitrogens with zero attached hydrogens (tertiary/aromatic N) is 5. The Balaban J connectivity index is 2.45. The Morgan fingerprint density at radius 1 is 1.35 bits per heavy atom. The molecular formula is C14H19N5O. The van der Waals surface area contributed by atoms with Crippen LogP contribution in [0, 0.1) is 6.92 Å². The van der Waals surface area contributed by atoms with Gasteiger partial charge < -0.3 is 4.90 Å². The van der Waals surface area contributed by atoms with Gasteiger partial charge in [-0.1, -0.05) is 6.92 Å². The monoisotopic (exact) mass is 273 g/mol. The van der Waals surface area contributed by atoms with Gasteiger partial charge in [-0.15, -0.1) is 4.80 Å². The predicted molar refractivity (Wildman–Crippen MR) is 75.7 cm³/mol. The molecule has 2 heterocycles. The van der Waals surface area contributed by atoms with Gasteiger partial charge in [0.25, 0.3) is 5.91 Å². The topological polar surface area (TPSA) is 63.9 Å². The Bertz CT molecular complexity index is 594. The Hall–Kier alpha value is -2.24. The van der Waals surface area contributed by atoms with Crippen LogP contribution >= 0.6 is 0 Å².